The third-order valence-electron chi connectivity index (χ3n) is 4.24. The third-order valence-corrected chi connectivity index (χ3v) is 4.24. The zero-order valence-corrected chi connectivity index (χ0v) is 13.9. The van der Waals surface area contributed by atoms with Crippen molar-refractivity contribution in [3.05, 3.63) is 24.0 Å². The van der Waals surface area contributed by atoms with E-state index in [-0.39, 0.29) is 5.82 Å². The van der Waals surface area contributed by atoms with Gasteiger partial charge in [-0.3, -0.25) is 0 Å². The summed E-state index contributed by atoms with van der Waals surface area (Å²) < 4.78 is 36.5. The van der Waals surface area contributed by atoms with Crippen LogP contribution in [-0.2, 0) is 14.0 Å². The topological polar surface area (TPSA) is 36.9 Å². The molecule has 0 atom stereocenters. The monoisotopic (exact) mass is 310 g/mol. The van der Waals surface area contributed by atoms with E-state index in [1.807, 2.05) is 27.7 Å². The molecule has 0 aliphatic carbocycles. The van der Waals surface area contributed by atoms with Gasteiger partial charge in [-0.2, -0.15) is 0 Å². The Kier molecular flexibility index (Phi) is 5.15. The van der Waals surface area contributed by atoms with Crippen molar-refractivity contribution in [2.75, 3.05) is 20.3 Å². The minimum atomic E-state index is -0.729. The average Bonchev–Trinajstić information content (AvgIpc) is 2.65. The Labute approximate surface area is 132 Å². The van der Waals surface area contributed by atoms with Crippen molar-refractivity contribution >= 4 is 12.6 Å². The minimum Gasteiger partial charge on any atom is -0.494 e. The lowest BCUT2D eigenvalue weighted by Crippen LogP contribution is -2.41. The third kappa shape index (κ3) is 3.62. The fourth-order valence-electron chi connectivity index (χ4n) is 2.16. The van der Waals surface area contributed by atoms with Gasteiger partial charge < -0.3 is 18.8 Å². The molecule has 1 saturated heterocycles. The molecule has 1 aliphatic rings. The van der Waals surface area contributed by atoms with Crippen LogP contribution in [0.3, 0.4) is 0 Å². The van der Waals surface area contributed by atoms with Crippen molar-refractivity contribution in [3.63, 3.8) is 0 Å². The highest BCUT2D eigenvalue weighted by atomic mass is 19.1. The van der Waals surface area contributed by atoms with E-state index < -0.39 is 18.3 Å². The van der Waals surface area contributed by atoms with Crippen LogP contribution in [0, 0.1) is 5.82 Å². The Morgan fingerprint density at radius 1 is 1.09 bits per heavy atom. The van der Waals surface area contributed by atoms with Gasteiger partial charge in [0, 0.05) is 25.6 Å². The largest absolute Gasteiger partial charge is 0.497 e. The molecule has 0 aromatic heterocycles. The smallest absolute Gasteiger partial charge is 0.494 e. The Bertz CT molecular complexity index is 503. The molecule has 0 spiro atoms. The molecular weight excluding hydrogens is 286 g/mol. The normalized spacial score (nSPS) is 19.5. The molecule has 4 nitrogen and oxygen atoms in total. The van der Waals surface area contributed by atoms with Crippen molar-refractivity contribution in [1.82, 2.24) is 0 Å². The lowest BCUT2D eigenvalue weighted by atomic mass is 9.78. The fraction of sp³-hybridized carbons (Fsp3) is 0.625. The highest BCUT2D eigenvalue weighted by Gasteiger charge is 2.52. The van der Waals surface area contributed by atoms with Crippen molar-refractivity contribution < 1.29 is 23.2 Å². The molecule has 6 heteroatoms. The minimum absolute atomic E-state index is 0.359. The summed E-state index contributed by atoms with van der Waals surface area (Å²) in [5.74, 6) is 0.241. The Morgan fingerprint density at radius 2 is 1.73 bits per heavy atom. The van der Waals surface area contributed by atoms with E-state index in [0.717, 1.165) is 6.42 Å². The first-order chi connectivity index (χ1) is 10.3. The van der Waals surface area contributed by atoms with Gasteiger partial charge in [0.05, 0.1) is 17.8 Å². The fourth-order valence-corrected chi connectivity index (χ4v) is 2.16. The molecule has 122 valence electrons. The number of hydrogen-bond donors (Lipinski definition) is 0. The van der Waals surface area contributed by atoms with Gasteiger partial charge in [-0.25, -0.2) is 4.39 Å². The molecule has 0 unspecified atom stereocenters. The molecule has 1 aromatic carbocycles. The predicted octanol–water partition coefficient (Wildman–Crippen LogP) is 2.54. The van der Waals surface area contributed by atoms with Crippen LogP contribution in [0.15, 0.2) is 18.2 Å². The van der Waals surface area contributed by atoms with E-state index in [0.29, 0.717) is 24.4 Å². The van der Waals surface area contributed by atoms with Crippen molar-refractivity contribution in [3.8, 4) is 5.75 Å². The van der Waals surface area contributed by atoms with E-state index in [4.69, 9.17) is 18.8 Å². The molecule has 0 radical (unpaired) electrons. The molecule has 0 amide bonds. The maximum absolute atomic E-state index is 14.1. The van der Waals surface area contributed by atoms with Gasteiger partial charge in [-0.15, -0.1) is 0 Å². The van der Waals surface area contributed by atoms with Crippen molar-refractivity contribution in [2.24, 2.45) is 0 Å². The van der Waals surface area contributed by atoms with Crippen LogP contribution >= 0.6 is 0 Å². The number of hydrogen-bond acceptors (Lipinski definition) is 4. The summed E-state index contributed by atoms with van der Waals surface area (Å²) in [5.41, 5.74) is -0.637. The van der Waals surface area contributed by atoms with Gasteiger partial charge in [0.1, 0.15) is 11.6 Å². The van der Waals surface area contributed by atoms with Crippen LogP contribution in [0.1, 0.15) is 34.1 Å². The molecule has 22 heavy (non-hydrogen) atoms. The molecule has 0 saturated carbocycles. The first kappa shape index (κ1) is 17.3. The standard InChI is InChI=1S/C16H24BFO4/c1-15(2)16(3,4)22-17(21-15)13-11-12(7-8-14(13)18)20-10-6-9-19-5/h7-8,11H,6,9-10H2,1-5H3. The van der Waals surface area contributed by atoms with Gasteiger partial charge >= 0.3 is 7.12 Å². The molecule has 1 fully saturated rings. The van der Waals surface area contributed by atoms with Crippen LogP contribution in [-0.4, -0.2) is 38.6 Å². The lowest BCUT2D eigenvalue weighted by Gasteiger charge is -2.32. The molecule has 2 rings (SSSR count). The predicted molar refractivity (Wildman–Crippen MR) is 84.1 cm³/mol. The Balaban J connectivity index is 2.11. The quantitative estimate of drug-likeness (QED) is 0.598. The maximum Gasteiger partial charge on any atom is 0.497 e. The molecule has 0 bridgehead atoms. The van der Waals surface area contributed by atoms with Crippen LogP contribution in [0.5, 0.6) is 5.75 Å². The Hall–Kier alpha value is -1.11. The van der Waals surface area contributed by atoms with Crippen LogP contribution < -0.4 is 10.2 Å². The first-order valence-corrected chi connectivity index (χ1v) is 7.54. The van der Waals surface area contributed by atoms with Crippen LogP contribution in [0.4, 0.5) is 4.39 Å². The zero-order valence-electron chi connectivity index (χ0n) is 13.9. The molecule has 1 aliphatic heterocycles. The van der Waals surface area contributed by atoms with E-state index in [1.54, 1.807) is 19.2 Å². The maximum atomic E-state index is 14.1. The van der Waals surface area contributed by atoms with E-state index >= 15 is 0 Å². The van der Waals surface area contributed by atoms with Gasteiger partial charge in [-0.1, -0.05) is 0 Å². The summed E-state index contributed by atoms with van der Waals surface area (Å²) in [7, 11) is 0.918. The van der Waals surface area contributed by atoms with Crippen LogP contribution in [0.2, 0.25) is 0 Å². The summed E-state index contributed by atoms with van der Waals surface area (Å²) >= 11 is 0. The number of benzene rings is 1. The summed E-state index contributed by atoms with van der Waals surface area (Å²) in [6.45, 7) is 8.91. The second-order valence-corrected chi connectivity index (χ2v) is 6.47. The average molecular weight is 310 g/mol. The highest BCUT2D eigenvalue weighted by Crippen LogP contribution is 2.36. The number of ether oxygens (including phenoxy) is 2. The van der Waals surface area contributed by atoms with Gasteiger partial charge in [-0.05, 0) is 45.9 Å². The summed E-state index contributed by atoms with van der Waals surface area (Å²) in [6, 6.07) is 4.63. The van der Waals surface area contributed by atoms with Crippen molar-refractivity contribution in [2.45, 2.75) is 45.3 Å². The lowest BCUT2D eigenvalue weighted by molar-refractivity contribution is 0.00578. The molecule has 1 aromatic rings. The molecule has 0 N–H and O–H groups in total. The summed E-state index contributed by atoms with van der Waals surface area (Å²) in [5, 5.41) is 0. The second kappa shape index (κ2) is 6.56. The molecule has 1 heterocycles. The van der Waals surface area contributed by atoms with E-state index in [1.165, 1.54) is 6.07 Å². The summed E-state index contributed by atoms with van der Waals surface area (Å²) in [4.78, 5) is 0. The highest BCUT2D eigenvalue weighted by molar-refractivity contribution is 6.62. The summed E-state index contributed by atoms with van der Waals surface area (Å²) in [6.07, 6.45) is 0.777. The van der Waals surface area contributed by atoms with E-state index in [2.05, 4.69) is 0 Å². The number of methoxy groups -OCH3 is 1. The van der Waals surface area contributed by atoms with Crippen LogP contribution in [0.25, 0.3) is 0 Å². The van der Waals surface area contributed by atoms with Gasteiger partial charge in [0.15, 0.2) is 0 Å². The SMILES string of the molecule is COCCCOc1ccc(F)c(B2OC(C)(C)C(C)(C)O2)c1. The van der Waals surface area contributed by atoms with Gasteiger partial charge in [0.2, 0.25) is 0 Å². The number of rotatable bonds is 6. The first-order valence-electron chi connectivity index (χ1n) is 7.54. The van der Waals surface area contributed by atoms with Crippen molar-refractivity contribution in [1.29, 1.82) is 0 Å². The second-order valence-electron chi connectivity index (χ2n) is 6.47. The zero-order chi connectivity index (χ0) is 16.4. The van der Waals surface area contributed by atoms with Gasteiger partial charge in [0.25, 0.3) is 0 Å². The van der Waals surface area contributed by atoms with E-state index in [9.17, 15) is 4.39 Å². The Morgan fingerprint density at radius 3 is 2.32 bits per heavy atom. The number of halogens is 1. The molecular formula is C16H24BFO4.